The van der Waals surface area contributed by atoms with Crippen LogP contribution in [0.2, 0.25) is 0 Å². The summed E-state index contributed by atoms with van der Waals surface area (Å²) in [4.78, 5) is 21.7. The number of aromatic nitrogens is 1. The van der Waals surface area contributed by atoms with E-state index in [2.05, 4.69) is 33.7 Å². The number of fused-ring (bicyclic) bond motifs is 1. The molecule has 0 unspecified atom stereocenters. The van der Waals surface area contributed by atoms with Crippen molar-refractivity contribution < 1.29 is 13.2 Å². The number of nitrogens with one attached hydrogen (secondary N) is 1. The van der Waals surface area contributed by atoms with E-state index in [0.29, 0.717) is 35.9 Å². The van der Waals surface area contributed by atoms with Crippen LogP contribution in [-0.4, -0.2) is 55.3 Å². The predicted molar refractivity (Wildman–Crippen MR) is 141 cm³/mol. The van der Waals surface area contributed by atoms with E-state index in [1.54, 1.807) is 42.6 Å². The number of nitrogens with zero attached hydrogens (tertiary/aromatic N) is 3. The molecule has 0 aliphatic carbocycles. The molecule has 1 aliphatic heterocycles. The quantitative estimate of drug-likeness (QED) is 0.420. The molecule has 1 amide bonds. The minimum Gasteiger partial charge on any atom is -0.336 e. The number of pyridine rings is 1. The van der Waals surface area contributed by atoms with E-state index in [4.69, 9.17) is 0 Å². The van der Waals surface area contributed by atoms with E-state index in [1.165, 1.54) is 11.6 Å². The predicted octanol–water partition coefficient (Wildman–Crippen LogP) is 4.55. The number of carbonyl (C=O) groups excluding carboxylic acids is 1. The first kappa shape index (κ1) is 24.0. The molecule has 5 rings (SSSR count). The highest BCUT2D eigenvalue weighted by Gasteiger charge is 2.25. The van der Waals surface area contributed by atoms with Gasteiger partial charge in [-0.1, -0.05) is 48.5 Å². The van der Waals surface area contributed by atoms with Crippen LogP contribution in [0.5, 0.6) is 0 Å². The van der Waals surface area contributed by atoms with Gasteiger partial charge in [0.15, 0.2) is 0 Å². The monoisotopic (exact) mass is 500 g/mol. The molecule has 1 aromatic heterocycles. The summed E-state index contributed by atoms with van der Waals surface area (Å²) in [6.07, 6.45) is 1.57. The maximum Gasteiger partial charge on any atom is 0.264 e. The van der Waals surface area contributed by atoms with Crippen LogP contribution in [0.15, 0.2) is 96.0 Å². The Bertz CT molecular complexity index is 1460. The number of benzene rings is 3. The van der Waals surface area contributed by atoms with Crippen molar-refractivity contribution in [3.63, 3.8) is 0 Å². The van der Waals surface area contributed by atoms with Gasteiger partial charge in [0.05, 0.1) is 5.52 Å². The molecule has 3 aromatic carbocycles. The van der Waals surface area contributed by atoms with Crippen molar-refractivity contribution in [2.75, 3.05) is 30.9 Å². The summed E-state index contributed by atoms with van der Waals surface area (Å²) in [6.45, 7) is 5.11. The van der Waals surface area contributed by atoms with Gasteiger partial charge >= 0.3 is 0 Å². The Morgan fingerprint density at radius 3 is 2.28 bits per heavy atom. The molecule has 7 nitrogen and oxygen atoms in total. The van der Waals surface area contributed by atoms with Crippen molar-refractivity contribution in [2.45, 2.75) is 17.9 Å². The van der Waals surface area contributed by atoms with Crippen molar-refractivity contribution in [1.82, 2.24) is 14.8 Å². The number of anilines is 1. The van der Waals surface area contributed by atoms with Gasteiger partial charge in [-0.2, -0.15) is 0 Å². The van der Waals surface area contributed by atoms with E-state index in [9.17, 15) is 13.2 Å². The number of hydrogen-bond donors (Lipinski definition) is 1. The molecule has 0 radical (unpaired) electrons. The van der Waals surface area contributed by atoms with Crippen molar-refractivity contribution >= 4 is 32.5 Å². The third-order valence-corrected chi connectivity index (χ3v) is 8.11. The third kappa shape index (κ3) is 4.96. The van der Waals surface area contributed by atoms with Crippen LogP contribution >= 0.6 is 0 Å². The van der Waals surface area contributed by atoms with Crippen molar-refractivity contribution in [3.05, 3.63) is 102 Å². The first-order chi connectivity index (χ1) is 17.4. The summed E-state index contributed by atoms with van der Waals surface area (Å²) in [7, 11) is -3.84. The van der Waals surface area contributed by atoms with Crippen molar-refractivity contribution in [3.8, 4) is 0 Å². The standard InChI is InChI=1S/C28H28N4O3S/c1-21(22-7-3-2-4-8-22)31-17-19-32(20-18-31)28(33)24-12-14-25(15-13-24)30-36(34,35)26-11-5-9-23-10-6-16-29-27(23)26/h2-16,21,30H,17-20H2,1H3/t21-/m0/s1. The zero-order valence-electron chi connectivity index (χ0n) is 20.0. The summed E-state index contributed by atoms with van der Waals surface area (Å²) in [5.74, 6) is -0.0466. The Hall–Kier alpha value is -3.75. The minimum atomic E-state index is -3.84. The third-order valence-electron chi connectivity index (χ3n) is 6.70. The summed E-state index contributed by atoms with van der Waals surface area (Å²) >= 11 is 0. The smallest absolute Gasteiger partial charge is 0.264 e. The lowest BCUT2D eigenvalue weighted by atomic mass is 10.1. The van der Waals surface area contributed by atoms with Crippen LogP contribution in [0.3, 0.4) is 0 Å². The molecule has 0 bridgehead atoms. The van der Waals surface area contributed by atoms with Crippen LogP contribution in [0.4, 0.5) is 5.69 Å². The summed E-state index contributed by atoms with van der Waals surface area (Å²) in [5.41, 5.74) is 2.62. The maximum atomic E-state index is 13.1. The number of hydrogen-bond acceptors (Lipinski definition) is 5. The normalized spacial score (nSPS) is 15.5. The highest BCUT2D eigenvalue weighted by Crippen LogP contribution is 2.25. The van der Waals surface area contributed by atoms with Gasteiger partial charge in [-0.25, -0.2) is 8.42 Å². The number of piperazine rings is 1. The molecule has 36 heavy (non-hydrogen) atoms. The van der Waals surface area contributed by atoms with Gasteiger partial charge in [0.1, 0.15) is 4.90 Å². The van der Waals surface area contributed by atoms with Gasteiger partial charge in [-0.3, -0.25) is 19.4 Å². The number of sulfonamides is 1. The molecule has 1 atom stereocenters. The Morgan fingerprint density at radius 1 is 0.861 bits per heavy atom. The summed E-state index contributed by atoms with van der Waals surface area (Å²) in [6, 6.07) is 25.9. The number of rotatable bonds is 6. The van der Waals surface area contributed by atoms with Gasteiger partial charge in [0.25, 0.3) is 15.9 Å². The van der Waals surface area contributed by atoms with Crippen LogP contribution in [0, 0.1) is 0 Å². The van der Waals surface area contributed by atoms with E-state index >= 15 is 0 Å². The SMILES string of the molecule is C[C@@H](c1ccccc1)N1CCN(C(=O)c2ccc(NS(=O)(=O)c3cccc4cccnc34)cc2)CC1. The zero-order valence-corrected chi connectivity index (χ0v) is 20.9. The van der Waals surface area contributed by atoms with E-state index in [1.807, 2.05) is 35.2 Å². The largest absolute Gasteiger partial charge is 0.336 e. The Kier molecular flexibility index (Phi) is 6.71. The fourth-order valence-electron chi connectivity index (χ4n) is 4.62. The zero-order chi connectivity index (χ0) is 25.1. The molecule has 2 heterocycles. The van der Waals surface area contributed by atoms with Gasteiger partial charge in [0, 0.05) is 55.1 Å². The highest BCUT2D eigenvalue weighted by atomic mass is 32.2. The van der Waals surface area contributed by atoms with Crippen LogP contribution in [-0.2, 0) is 10.0 Å². The summed E-state index contributed by atoms with van der Waals surface area (Å²) in [5, 5.41) is 0.750. The summed E-state index contributed by atoms with van der Waals surface area (Å²) < 4.78 is 28.7. The van der Waals surface area contributed by atoms with Crippen LogP contribution in [0.1, 0.15) is 28.9 Å². The molecular formula is C28H28N4O3S. The van der Waals surface area contributed by atoms with Crippen LogP contribution in [0.25, 0.3) is 10.9 Å². The maximum absolute atomic E-state index is 13.1. The molecule has 4 aromatic rings. The van der Waals surface area contributed by atoms with E-state index < -0.39 is 10.0 Å². The lowest BCUT2D eigenvalue weighted by Crippen LogP contribution is -2.49. The average molecular weight is 501 g/mol. The van der Waals surface area contributed by atoms with Gasteiger partial charge in [-0.15, -0.1) is 0 Å². The number of para-hydroxylation sites is 1. The average Bonchev–Trinajstić information content (AvgIpc) is 2.93. The minimum absolute atomic E-state index is 0.0466. The second-order valence-electron chi connectivity index (χ2n) is 8.93. The molecule has 8 heteroatoms. The number of carbonyl (C=O) groups is 1. The first-order valence-corrected chi connectivity index (χ1v) is 13.5. The highest BCUT2D eigenvalue weighted by molar-refractivity contribution is 7.93. The fourth-order valence-corrected chi connectivity index (χ4v) is 5.86. The first-order valence-electron chi connectivity index (χ1n) is 12.0. The van der Waals surface area contributed by atoms with Crippen molar-refractivity contribution in [2.24, 2.45) is 0 Å². The second kappa shape index (κ2) is 10.1. The Balaban J connectivity index is 1.23. The van der Waals surface area contributed by atoms with E-state index in [-0.39, 0.29) is 10.8 Å². The van der Waals surface area contributed by atoms with E-state index in [0.717, 1.165) is 18.5 Å². The molecule has 1 fully saturated rings. The molecule has 1 N–H and O–H groups in total. The molecule has 1 aliphatic rings. The fraction of sp³-hybridized carbons (Fsp3) is 0.214. The lowest BCUT2D eigenvalue weighted by Gasteiger charge is -2.38. The van der Waals surface area contributed by atoms with Gasteiger partial charge < -0.3 is 4.90 Å². The Morgan fingerprint density at radius 2 is 1.56 bits per heavy atom. The molecule has 0 spiro atoms. The van der Waals surface area contributed by atoms with Gasteiger partial charge in [-0.05, 0) is 48.9 Å². The second-order valence-corrected chi connectivity index (χ2v) is 10.6. The Labute approximate surface area is 211 Å². The molecule has 1 saturated heterocycles. The molecule has 184 valence electrons. The van der Waals surface area contributed by atoms with Crippen LogP contribution < -0.4 is 4.72 Å². The molecule has 0 saturated carbocycles. The number of amides is 1. The van der Waals surface area contributed by atoms with Crippen molar-refractivity contribution in [1.29, 1.82) is 0 Å². The van der Waals surface area contributed by atoms with Gasteiger partial charge in [0.2, 0.25) is 0 Å². The molecular weight excluding hydrogens is 472 g/mol. The lowest BCUT2D eigenvalue weighted by molar-refractivity contribution is 0.0582. The topological polar surface area (TPSA) is 82.6 Å².